The normalized spacial score (nSPS) is 13.3. The van der Waals surface area contributed by atoms with Crippen molar-refractivity contribution in [3.05, 3.63) is 17.7 Å². The minimum absolute atomic E-state index is 0.249. The van der Waals surface area contributed by atoms with E-state index in [2.05, 4.69) is 10.1 Å². The van der Waals surface area contributed by atoms with Crippen molar-refractivity contribution in [2.45, 2.75) is 32.3 Å². The van der Waals surface area contributed by atoms with E-state index in [1.54, 1.807) is 24.8 Å². The summed E-state index contributed by atoms with van der Waals surface area (Å²) in [6.45, 7) is 3.86. The fraction of sp³-hybridized carbons (Fsp3) is 0.500. The molecule has 0 radical (unpaired) electrons. The maximum Gasteiger partial charge on any atom is 0.387 e. The molecule has 0 amide bonds. The molecule has 0 saturated carbocycles. The van der Waals surface area contributed by atoms with E-state index in [4.69, 9.17) is 0 Å². The van der Waals surface area contributed by atoms with Gasteiger partial charge in [-0.3, -0.25) is 0 Å². The zero-order valence-corrected chi connectivity index (χ0v) is 11.0. The van der Waals surface area contributed by atoms with E-state index in [0.717, 1.165) is 28.4 Å². The van der Waals surface area contributed by atoms with Gasteiger partial charge < -0.3 is 10.1 Å². The van der Waals surface area contributed by atoms with Gasteiger partial charge in [-0.05, 0) is 18.6 Å². The summed E-state index contributed by atoms with van der Waals surface area (Å²) < 4.78 is 28.6. The van der Waals surface area contributed by atoms with E-state index in [1.807, 2.05) is 19.9 Å². The van der Waals surface area contributed by atoms with E-state index < -0.39 is 6.61 Å². The highest BCUT2D eigenvalue weighted by molar-refractivity contribution is 7.99. The van der Waals surface area contributed by atoms with Gasteiger partial charge >= 0.3 is 6.61 Å². The minimum Gasteiger partial charge on any atom is -0.434 e. The summed E-state index contributed by atoms with van der Waals surface area (Å²) in [4.78, 5) is 1.10. The highest BCUT2D eigenvalue weighted by atomic mass is 32.2. The molecule has 0 fully saturated rings. The molecule has 0 bridgehead atoms. The van der Waals surface area contributed by atoms with Gasteiger partial charge in [0.05, 0.1) is 5.69 Å². The van der Waals surface area contributed by atoms with Gasteiger partial charge in [-0.2, -0.15) is 8.78 Å². The number of benzene rings is 1. The van der Waals surface area contributed by atoms with E-state index in [-0.39, 0.29) is 5.75 Å². The molecule has 96 valence electrons. The summed E-state index contributed by atoms with van der Waals surface area (Å²) in [6, 6.07) is 3.52. The number of hydrogen-bond donors (Lipinski definition) is 1. The van der Waals surface area contributed by atoms with Crippen molar-refractivity contribution in [1.29, 1.82) is 0 Å². The van der Waals surface area contributed by atoms with Crippen molar-refractivity contribution in [2.75, 3.05) is 17.6 Å². The lowest BCUT2D eigenvalue weighted by Gasteiger charge is -2.19. The standard InChI is InChI=1S/C10H11F2NOS.C2H6/c1-6-4-9-7(13-2-3-15-9)5-8(6)14-10(11)12;1-2/h4-5,10,13H,2-3H2,1H3;1-2H3. The Morgan fingerprint density at radius 2 is 2.06 bits per heavy atom. The molecule has 0 aromatic heterocycles. The summed E-state index contributed by atoms with van der Waals surface area (Å²) in [6.07, 6.45) is 0. The van der Waals surface area contributed by atoms with Crippen molar-refractivity contribution >= 4 is 17.4 Å². The highest BCUT2D eigenvalue weighted by Gasteiger charge is 2.14. The van der Waals surface area contributed by atoms with Crippen molar-refractivity contribution in [3.8, 4) is 5.75 Å². The molecule has 1 aromatic carbocycles. The summed E-state index contributed by atoms with van der Waals surface area (Å²) in [5.41, 5.74) is 1.62. The SMILES string of the molecule is CC.Cc1cc2c(cc1OC(F)F)NCCS2. The van der Waals surface area contributed by atoms with Gasteiger partial charge in [0.2, 0.25) is 0 Å². The number of fused-ring (bicyclic) bond motifs is 1. The number of halogens is 2. The molecule has 17 heavy (non-hydrogen) atoms. The second-order valence-corrected chi connectivity index (χ2v) is 4.40. The fourth-order valence-corrected chi connectivity index (χ4v) is 2.46. The molecule has 1 N–H and O–H groups in total. The molecule has 2 rings (SSSR count). The molecule has 2 nitrogen and oxygen atoms in total. The largest absolute Gasteiger partial charge is 0.434 e. The van der Waals surface area contributed by atoms with E-state index in [1.165, 1.54) is 0 Å². The number of thioether (sulfide) groups is 1. The summed E-state index contributed by atoms with van der Waals surface area (Å²) in [5, 5.41) is 3.16. The summed E-state index contributed by atoms with van der Waals surface area (Å²) >= 11 is 1.72. The first-order valence-corrected chi connectivity index (χ1v) is 6.61. The Labute approximate surface area is 105 Å². The Kier molecular flexibility index (Phi) is 5.55. The Hall–Kier alpha value is -0.970. The highest BCUT2D eigenvalue weighted by Crippen LogP contribution is 2.36. The van der Waals surface area contributed by atoms with Crippen LogP contribution in [0.3, 0.4) is 0 Å². The number of alkyl halides is 2. The van der Waals surface area contributed by atoms with Crippen LogP contribution in [0.5, 0.6) is 5.75 Å². The first-order valence-electron chi connectivity index (χ1n) is 5.63. The van der Waals surface area contributed by atoms with Crippen LogP contribution in [0.2, 0.25) is 0 Å². The fourth-order valence-electron chi connectivity index (χ4n) is 1.49. The average molecular weight is 261 g/mol. The predicted octanol–water partition coefficient (Wildman–Crippen LogP) is 4.14. The third kappa shape index (κ3) is 3.77. The van der Waals surface area contributed by atoms with Gasteiger partial charge in [-0.15, -0.1) is 11.8 Å². The van der Waals surface area contributed by atoms with Gasteiger partial charge in [-0.1, -0.05) is 13.8 Å². The predicted molar refractivity (Wildman–Crippen MR) is 68.4 cm³/mol. The zero-order valence-electron chi connectivity index (χ0n) is 10.2. The molecule has 1 aliphatic heterocycles. The quantitative estimate of drug-likeness (QED) is 0.864. The topological polar surface area (TPSA) is 21.3 Å². The van der Waals surface area contributed by atoms with Crippen LogP contribution in [0.1, 0.15) is 19.4 Å². The van der Waals surface area contributed by atoms with Crippen LogP contribution in [0.25, 0.3) is 0 Å². The molecule has 0 spiro atoms. The van der Waals surface area contributed by atoms with Gasteiger partial charge in [0.1, 0.15) is 5.75 Å². The maximum atomic E-state index is 12.1. The zero-order chi connectivity index (χ0) is 12.8. The number of hydrogen-bond acceptors (Lipinski definition) is 3. The van der Waals surface area contributed by atoms with Gasteiger partial charge in [-0.25, -0.2) is 0 Å². The van der Waals surface area contributed by atoms with E-state index >= 15 is 0 Å². The molecule has 0 saturated heterocycles. The summed E-state index contributed by atoms with van der Waals surface area (Å²) in [7, 11) is 0. The van der Waals surface area contributed by atoms with Crippen LogP contribution >= 0.6 is 11.8 Å². The number of nitrogens with one attached hydrogen (secondary N) is 1. The Bertz CT molecular complexity index is 372. The third-order valence-corrected chi connectivity index (χ3v) is 3.23. The Balaban J connectivity index is 0.000000686. The van der Waals surface area contributed by atoms with Crippen LogP contribution < -0.4 is 10.1 Å². The summed E-state index contributed by atoms with van der Waals surface area (Å²) in [5.74, 6) is 1.25. The Morgan fingerprint density at radius 3 is 2.71 bits per heavy atom. The van der Waals surface area contributed by atoms with Gasteiger partial charge in [0.25, 0.3) is 0 Å². The number of ether oxygens (including phenoxy) is 1. The monoisotopic (exact) mass is 261 g/mol. The second kappa shape index (κ2) is 6.69. The van der Waals surface area contributed by atoms with E-state index in [9.17, 15) is 8.78 Å². The second-order valence-electron chi connectivity index (χ2n) is 3.27. The lowest BCUT2D eigenvalue weighted by Crippen LogP contribution is -2.11. The number of rotatable bonds is 2. The van der Waals surface area contributed by atoms with Crippen molar-refractivity contribution in [2.24, 2.45) is 0 Å². The maximum absolute atomic E-state index is 12.1. The smallest absolute Gasteiger partial charge is 0.387 e. The molecular formula is C12H17F2NOS. The molecular weight excluding hydrogens is 244 g/mol. The van der Waals surface area contributed by atoms with Crippen molar-refractivity contribution in [3.63, 3.8) is 0 Å². The van der Waals surface area contributed by atoms with Crippen molar-refractivity contribution in [1.82, 2.24) is 0 Å². The number of aryl methyl sites for hydroxylation is 1. The molecule has 1 aromatic rings. The van der Waals surface area contributed by atoms with Crippen molar-refractivity contribution < 1.29 is 13.5 Å². The van der Waals surface area contributed by atoms with Crippen LogP contribution in [-0.2, 0) is 0 Å². The molecule has 1 aliphatic rings. The average Bonchev–Trinajstić information content (AvgIpc) is 2.32. The lowest BCUT2D eigenvalue weighted by molar-refractivity contribution is -0.0502. The molecule has 0 atom stereocenters. The van der Waals surface area contributed by atoms with Crippen LogP contribution in [0, 0.1) is 6.92 Å². The van der Waals surface area contributed by atoms with Gasteiger partial charge in [0, 0.05) is 23.3 Å². The van der Waals surface area contributed by atoms with Gasteiger partial charge in [0.15, 0.2) is 0 Å². The van der Waals surface area contributed by atoms with Crippen LogP contribution in [0.4, 0.5) is 14.5 Å². The molecule has 0 unspecified atom stereocenters. The molecule has 5 heteroatoms. The molecule has 0 aliphatic carbocycles. The Morgan fingerprint density at radius 1 is 1.35 bits per heavy atom. The molecule has 1 heterocycles. The van der Waals surface area contributed by atoms with E-state index in [0.29, 0.717) is 0 Å². The first kappa shape index (κ1) is 14.1. The van der Waals surface area contributed by atoms with Crippen LogP contribution in [0.15, 0.2) is 17.0 Å². The minimum atomic E-state index is -2.77. The first-order chi connectivity index (χ1) is 8.16. The number of anilines is 1. The third-order valence-electron chi connectivity index (χ3n) is 2.17. The van der Waals surface area contributed by atoms with Crippen LogP contribution in [-0.4, -0.2) is 18.9 Å². The lowest BCUT2D eigenvalue weighted by atomic mass is 10.2.